The van der Waals surface area contributed by atoms with Crippen LogP contribution >= 0.6 is 0 Å². The number of rotatable bonds is 6. The van der Waals surface area contributed by atoms with Gasteiger partial charge in [-0.05, 0) is 62.7 Å². The van der Waals surface area contributed by atoms with Gasteiger partial charge in [-0.1, -0.05) is 79.7 Å². The Morgan fingerprint density at radius 3 is 1.93 bits per heavy atom. The van der Waals surface area contributed by atoms with Crippen molar-refractivity contribution in [3.63, 3.8) is 0 Å². The lowest BCUT2D eigenvalue weighted by Crippen LogP contribution is -2.41. The van der Waals surface area contributed by atoms with Gasteiger partial charge in [-0.15, -0.1) is 0 Å². The molecule has 0 saturated carbocycles. The van der Waals surface area contributed by atoms with E-state index < -0.39 is 0 Å². The predicted molar refractivity (Wildman–Crippen MR) is 120 cm³/mol. The Labute approximate surface area is 170 Å². The third-order valence-electron chi connectivity index (χ3n) is 5.86. The van der Waals surface area contributed by atoms with Gasteiger partial charge in [-0.3, -0.25) is 0 Å². The highest BCUT2D eigenvalue weighted by Gasteiger charge is 2.52. The zero-order chi connectivity index (χ0) is 20.2. The van der Waals surface area contributed by atoms with Gasteiger partial charge in [0.2, 0.25) is 0 Å². The minimum Gasteiger partial charge on any atom is -0.400 e. The van der Waals surface area contributed by atoms with E-state index in [1.54, 1.807) is 0 Å². The topological polar surface area (TPSA) is 18.5 Å². The molecule has 1 aliphatic rings. The molecule has 0 N–H and O–H groups in total. The second-order valence-corrected chi connectivity index (χ2v) is 8.33. The summed E-state index contributed by atoms with van der Waals surface area (Å²) in [6, 6.07) is 21.0. The van der Waals surface area contributed by atoms with Crippen molar-refractivity contribution < 1.29 is 9.31 Å². The molecule has 1 heterocycles. The molecule has 0 aromatic heterocycles. The van der Waals surface area contributed by atoms with Crippen LogP contribution in [0.3, 0.4) is 0 Å². The summed E-state index contributed by atoms with van der Waals surface area (Å²) in [5.41, 5.74) is 4.28. The van der Waals surface area contributed by atoms with Crippen molar-refractivity contribution in [3.05, 3.63) is 83.3 Å². The van der Waals surface area contributed by atoms with Crippen molar-refractivity contribution >= 4 is 18.8 Å². The van der Waals surface area contributed by atoms with Crippen molar-refractivity contribution in [2.75, 3.05) is 0 Å². The molecule has 0 bridgehead atoms. The first-order valence-corrected chi connectivity index (χ1v) is 10.2. The summed E-state index contributed by atoms with van der Waals surface area (Å²) in [4.78, 5) is 0. The lowest BCUT2D eigenvalue weighted by molar-refractivity contribution is 0.00578. The number of benzene rings is 2. The number of hydrogen-bond donors (Lipinski definition) is 0. The normalized spacial score (nSPS) is 19.1. The Hall–Kier alpha value is -2.10. The highest BCUT2D eigenvalue weighted by Crippen LogP contribution is 2.41. The van der Waals surface area contributed by atoms with Crippen LogP contribution in [0.2, 0.25) is 0 Å². The molecular weight excluding hydrogens is 343 g/mol. The molecule has 1 saturated heterocycles. The lowest BCUT2D eigenvalue weighted by atomic mass is 9.71. The molecule has 0 atom stereocenters. The monoisotopic (exact) mass is 374 g/mol. The van der Waals surface area contributed by atoms with E-state index >= 15 is 0 Å². The molecule has 1 aliphatic heterocycles. The summed E-state index contributed by atoms with van der Waals surface area (Å²) in [7, 11) is -0.310. The molecule has 0 spiro atoms. The molecule has 0 unspecified atom stereocenters. The van der Waals surface area contributed by atoms with Gasteiger partial charge in [0, 0.05) is 0 Å². The van der Waals surface area contributed by atoms with E-state index in [-0.39, 0.29) is 18.3 Å². The first-order chi connectivity index (χ1) is 13.3. The van der Waals surface area contributed by atoms with Gasteiger partial charge in [0.1, 0.15) is 0 Å². The summed E-state index contributed by atoms with van der Waals surface area (Å²) < 4.78 is 12.8. The van der Waals surface area contributed by atoms with E-state index in [0.717, 1.165) is 12.8 Å². The molecule has 3 heteroatoms. The van der Waals surface area contributed by atoms with Crippen LogP contribution in [0.15, 0.2) is 72.2 Å². The Bertz CT molecular complexity index is 819. The fraction of sp³-hybridized carbons (Fsp3) is 0.360. The van der Waals surface area contributed by atoms with Gasteiger partial charge >= 0.3 is 7.12 Å². The molecule has 0 aliphatic carbocycles. The second-order valence-electron chi connectivity index (χ2n) is 8.33. The van der Waals surface area contributed by atoms with Gasteiger partial charge in [-0.25, -0.2) is 0 Å². The summed E-state index contributed by atoms with van der Waals surface area (Å²) in [6.45, 7) is 10.6. The zero-order valence-corrected chi connectivity index (χ0v) is 17.7. The van der Waals surface area contributed by atoms with E-state index in [4.69, 9.17) is 9.31 Å². The summed E-state index contributed by atoms with van der Waals surface area (Å²) in [5.74, 6) is 0. The first-order valence-electron chi connectivity index (χ1n) is 10.2. The third-order valence-corrected chi connectivity index (χ3v) is 5.86. The molecule has 0 radical (unpaired) electrons. The fourth-order valence-corrected chi connectivity index (χ4v) is 3.46. The van der Waals surface area contributed by atoms with Gasteiger partial charge in [0.25, 0.3) is 0 Å². The molecule has 0 amide bonds. The Kier molecular flexibility index (Phi) is 6.27. The predicted octanol–water partition coefficient (Wildman–Crippen LogP) is 6.59. The second kappa shape index (κ2) is 8.51. The summed E-state index contributed by atoms with van der Waals surface area (Å²) >= 11 is 0. The molecule has 2 aromatic rings. The maximum Gasteiger partial charge on any atom is 0.490 e. The van der Waals surface area contributed by atoms with E-state index in [0.29, 0.717) is 0 Å². The van der Waals surface area contributed by atoms with Crippen molar-refractivity contribution in [1.82, 2.24) is 0 Å². The summed E-state index contributed by atoms with van der Waals surface area (Å²) in [6.07, 6.45) is 6.14. The van der Waals surface area contributed by atoms with E-state index in [1.807, 2.05) is 6.07 Å². The van der Waals surface area contributed by atoms with Gasteiger partial charge in [-0.2, -0.15) is 0 Å². The smallest absolute Gasteiger partial charge is 0.400 e. The highest BCUT2D eigenvalue weighted by molar-refractivity contribution is 6.56. The molecular formula is C25H31BO2. The van der Waals surface area contributed by atoms with Crippen LogP contribution in [0.25, 0.3) is 11.6 Å². The van der Waals surface area contributed by atoms with Crippen LogP contribution in [0.1, 0.15) is 58.6 Å². The van der Waals surface area contributed by atoms with Crippen molar-refractivity contribution in [3.8, 4) is 0 Å². The number of allylic oxidation sites excluding steroid dienone is 3. The Morgan fingerprint density at radius 1 is 0.857 bits per heavy atom. The fourth-order valence-electron chi connectivity index (χ4n) is 3.46. The Balaban J connectivity index is 1.96. The van der Waals surface area contributed by atoms with Gasteiger partial charge < -0.3 is 9.31 Å². The van der Waals surface area contributed by atoms with Gasteiger partial charge in [0.15, 0.2) is 0 Å². The Morgan fingerprint density at radius 2 is 1.39 bits per heavy atom. The van der Waals surface area contributed by atoms with Gasteiger partial charge in [0.05, 0.1) is 11.2 Å². The SMILES string of the molecule is CC/C(B1OC(C)(C)C(C)(C)O1)=C(/C/C=C/c1ccccc1)c1ccccc1. The van der Waals surface area contributed by atoms with Crippen molar-refractivity contribution in [1.29, 1.82) is 0 Å². The molecule has 28 heavy (non-hydrogen) atoms. The molecule has 2 nitrogen and oxygen atoms in total. The maximum atomic E-state index is 6.38. The van der Waals surface area contributed by atoms with Crippen LogP contribution in [0.4, 0.5) is 0 Å². The minimum atomic E-state index is -0.334. The molecule has 1 fully saturated rings. The zero-order valence-electron chi connectivity index (χ0n) is 17.7. The van der Waals surface area contributed by atoms with E-state index in [1.165, 1.54) is 22.2 Å². The van der Waals surface area contributed by atoms with Crippen LogP contribution in [-0.2, 0) is 9.31 Å². The van der Waals surface area contributed by atoms with Crippen LogP contribution < -0.4 is 0 Å². The van der Waals surface area contributed by atoms with Crippen molar-refractivity contribution in [2.24, 2.45) is 0 Å². The van der Waals surface area contributed by atoms with Crippen molar-refractivity contribution in [2.45, 2.75) is 58.7 Å². The average molecular weight is 374 g/mol. The standard InChI is InChI=1S/C25H31BO2/c1-6-23(26-27-24(2,3)25(4,5)28-26)22(21-17-11-8-12-18-21)19-13-16-20-14-9-7-10-15-20/h7-18H,6,19H2,1-5H3/b16-13+,23-22+. The van der Waals surface area contributed by atoms with E-state index in [2.05, 4.69) is 101 Å². The van der Waals surface area contributed by atoms with Crippen LogP contribution in [-0.4, -0.2) is 18.3 Å². The van der Waals surface area contributed by atoms with E-state index in [9.17, 15) is 0 Å². The maximum absolute atomic E-state index is 6.38. The summed E-state index contributed by atoms with van der Waals surface area (Å²) in [5, 5.41) is 0. The van der Waals surface area contributed by atoms with Crippen LogP contribution in [0, 0.1) is 0 Å². The lowest BCUT2D eigenvalue weighted by Gasteiger charge is -2.32. The average Bonchev–Trinajstić information content (AvgIpc) is 2.89. The molecule has 3 rings (SSSR count). The molecule has 146 valence electrons. The highest BCUT2D eigenvalue weighted by atomic mass is 16.7. The molecule has 2 aromatic carbocycles. The third kappa shape index (κ3) is 4.48. The quantitative estimate of drug-likeness (QED) is 0.532. The largest absolute Gasteiger partial charge is 0.490 e. The van der Waals surface area contributed by atoms with Crippen LogP contribution in [0.5, 0.6) is 0 Å². The minimum absolute atomic E-state index is 0.310. The first kappa shape index (κ1) is 20.6. The number of hydrogen-bond acceptors (Lipinski definition) is 2.